The molecule has 8 heteroatoms. The van der Waals surface area contributed by atoms with Gasteiger partial charge in [0.05, 0.1) is 0 Å². The van der Waals surface area contributed by atoms with Gasteiger partial charge < -0.3 is 4.90 Å². The van der Waals surface area contributed by atoms with Gasteiger partial charge in [0.2, 0.25) is 0 Å². The second kappa shape index (κ2) is 3.41. The monoisotopic (exact) mass is 247 g/mol. The molecule has 2 atom stereocenters. The quantitative estimate of drug-likeness (QED) is 0.764. The fraction of sp³-hybridized carbons (Fsp3) is 0.889. The fourth-order valence-corrected chi connectivity index (χ4v) is 2.85. The Morgan fingerprint density at radius 3 is 2.53 bits per heavy atom. The van der Waals surface area contributed by atoms with Gasteiger partial charge in [-0.15, -0.1) is 5.10 Å². The molecule has 0 amide bonds. The molecule has 5 nitrogen and oxygen atoms in total. The van der Waals surface area contributed by atoms with Crippen molar-refractivity contribution in [3.8, 4) is 0 Å². The number of nitrogens with zero attached hydrogens (tertiary/aromatic N) is 5. The average molecular weight is 247 g/mol. The summed E-state index contributed by atoms with van der Waals surface area (Å²) >= 11 is 0. The molecule has 1 aromatic heterocycles. The Labute approximate surface area is 95.6 Å². The summed E-state index contributed by atoms with van der Waals surface area (Å²) in [6.07, 6.45) is -4.27. The summed E-state index contributed by atoms with van der Waals surface area (Å²) < 4.78 is 37.8. The number of alkyl halides is 3. The van der Waals surface area contributed by atoms with Crippen LogP contribution in [0, 0.1) is 11.8 Å². The molecule has 1 aliphatic heterocycles. The van der Waals surface area contributed by atoms with E-state index in [-0.39, 0.29) is 5.92 Å². The maximum Gasteiger partial charge on any atom is 0.408 e. The van der Waals surface area contributed by atoms with Gasteiger partial charge in [0, 0.05) is 19.0 Å². The van der Waals surface area contributed by atoms with Gasteiger partial charge in [0.25, 0.3) is 0 Å². The lowest BCUT2D eigenvalue weighted by molar-refractivity contribution is -0.143. The molecule has 0 bridgehead atoms. The topological polar surface area (TPSA) is 46.8 Å². The highest BCUT2D eigenvalue weighted by Gasteiger charge is 2.58. The minimum absolute atomic E-state index is 0.114. The predicted molar refractivity (Wildman–Crippen MR) is 51.1 cm³/mol. The molecule has 1 aliphatic carbocycles. The molecule has 2 aliphatic rings. The summed E-state index contributed by atoms with van der Waals surface area (Å²) in [5.41, 5.74) is 0. The lowest BCUT2D eigenvalue weighted by Gasteiger charge is -2.13. The highest BCUT2D eigenvalue weighted by atomic mass is 19.4. The number of likely N-dealkylation sites (tertiary alicyclic amines) is 1. The predicted octanol–water partition coefficient (Wildman–Crippen LogP) is 0.510. The Hall–Kier alpha value is -1.18. The zero-order valence-electron chi connectivity index (χ0n) is 9.22. The molecular weight excluding hydrogens is 235 g/mol. The van der Waals surface area contributed by atoms with Gasteiger partial charge in [0.1, 0.15) is 6.54 Å². The number of rotatable bonds is 2. The van der Waals surface area contributed by atoms with Crippen LogP contribution in [0.5, 0.6) is 0 Å². The van der Waals surface area contributed by atoms with Gasteiger partial charge in [-0.2, -0.15) is 13.2 Å². The lowest BCUT2D eigenvalue weighted by atomic mass is 10.2. The Kier molecular flexibility index (Phi) is 2.19. The van der Waals surface area contributed by atoms with E-state index in [9.17, 15) is 13.2 Å². The van der Waals surface area contributed by atoms with E-state index in [1.165, 1.54) is 0 Å². The first-order valence-electron chi connectivity index (χ1n) is 5.47. The summed E-state index contributed by atoms with van der Waals surface area (Å²) in [7, 11) is 2.02. The Morgan fingerprint density at radius 1 is 1.29 bits per heavy atom. The maximum atomic E-state index is 12.3. The van der Waals surface area contributed by atoms with Crippen molar-refractivity contribution in [3.05, 3.63) is 5.82 Å². The van der Waals surface area contributed by atoms with Crippen LogP contribution in [0.1, 0.15) is 11.7 Å². The largest absolute Gasteiger partial charge is 0.408 e. The fourth-order valence-electron chi connectivity index (χ4n) is 2.85. The van der Waals surface area contributed by atoms with Crippen LogP contribution in [0.2, 0.25) is 0 Å². The molecule has 1 saturated heterocycles. The zero-order valence-corrected chi connectivity index (χ0v) is 9.22. The van der Waals surface area contributed by atoms with E-state index in [4.69, 9.17) is 0 Å². The molecule has 0 N–H and O–H groups in total. The highest BCUT2D eigenvalue weighted by molar-refractivity contribution is 5.19. The second-order valence-electron chi connectivity index (χ2n) is 4.88. The SMILES string of the molecule is CN1CC2C(C1)C2c1nnnn1CC(F)(F)F. The molecule has 94 valence electrons. The van der Waals surface area contributed by atoms with Gasteiger partial charge in [-0.05, 0) is 29.3 Å². The highest BCUT2D eigenvalue weighted by Crippen LogP contribution is 2.57. The number of aromatic nitrogens is 4. The number of fused-ring (bicyclic) bond motifs is 1. The van der Waals surface area contributed by atoms with Gasteiger partial charge >= 0.3 is 6.18 Å². The third-order valence-corrected chi connectivity index (χ3v) is 3.56. The van der Waals surface area contributed by atoms with E-state index in [1.807, 2.05) is 7.05 Å². The number of halogens is 3. The Bertz CT molecular complexity index is 417. The van der Waals surface area contributed by atoms with Crippen LogP contribution in [-0.2, 0) is 6.54 Å². The number of piperidine rings is 1. The normalized spacial score (nSPS) is 32.8. The minimum atomic E-state index is -4.27. The van der Waals surface area contributed by atoms with Crippen molar-refractivity contribution < 1.29 is 13.2 Å². The van der Waals surface area contributed by atoms with Crippen molar-refractivity contribution in [2.24, 2.45) is 11.8 Å². The van der Waals surface area contributed by atoms with E-state index in [0.717, 1.165) is 17.8 Å². The third-order valence-electron chi connectivity index (χ3n) is 3.56. The van der Waals surface area contributed by atoms with Crippen molar-refractivity contribution in [1.29, 1.82) is 0 Å². The van der Waals surface area contributed by atoms with Crippen LogP contribution in [0.15, 0.2) is 0 Å². The van der Waals surface area contributed by atoms with Gasteiger partial charge in [-0.3, -0.25) is 0 Å². The molecule has 2 fully saturated rings. The van der Waals surface area contributed by atoms with Crippen LogP contribution >= 0.6 is 0 Å². The van der Waals surface area contributed by atoms with Gasteiger partial charge in [0.15, 0.2) is 5.82 Å². The molecule has 0 spiro atoms. The minimum Gasteiger partial charge on any atom is -0.306 e. The molecule has 2 unspecified atom stereocenters. The lowest BCUT2D eigenvalue weighted by Crippen LogP contribution is -2.23. The molecule has 1 saturated carbocycles. The van der Waals surface area contributed by atoms with Crippen LogP contribution in [0.25, 0.3) is 0 Å². The summed E-state index contributed by atoms with van der Waals surface area (Å²) in [5.74, 6) is 1.37. The molecule has 2 heterocycles. The summed E-state index contributed by atoms with van der Waals surface area (Å²) in [6.45, 7) is 0.754. The van der Waals surface area contributed by atoms with Crippen molar-refractivity contribution in [3.63, 3.8) is 0 Å². The third kappa shape index (κ3) is 1.90. The summed E-state index contributed by atoms with van der Waals surface area (Å²) in [5, 5.41) is 10.5. The molecule has 3 rings (SSSR count). The van der Waals surface area contributed by atoms with Crippen LogP contribution in [-0.4, -0.2) is 51.4 Å². The van der Waals surface area contributed by atoms with Crippen molar-refractivity contribution in [2.75, 3.05) is 20.1 Å². The average Bonchev–Trinajstić information content (AvgIpc) is 2.62. The molecule has 0 radical (unpaired) electrons. The first kappa shape index (κ1) is 10.9. The summed E-state index contributed by atoms with van der Waals surface area (Å²) in [6, 6.07) is 0. The molecule has 1 aromatic rings. The van der Waals surface area contributed by atoms with Gasteiger partial charge in [-0.25, -0.2) is 4.68 Å². The van der Waals surface area contributed by atoms with E-state index in [1.54, 1.807) is 0 Å². The number of hydrogen-bond acceptors (Lipinski definition) is 4. The second-order valence-corrected chi connectivity index (χ2v) is 4.88. The van der Waals surface area contributed by atoms with Crippen LogP contribution < -0.4 is 0 Å². The van der Waals surface area contributed by atoms with Crippen molar-refractivity contribution >= 4 is 0 Å². The van der Waals surface area contributed by atoms with Crippen molar-refractivity contribution in [2.45, 2.75) is 18.6 Å². The smallest absolute Gasteiger partial charge is 0.306 e. The van der Waals surface area contributed by atoms with Crippen molar-refractivity contribution in [1.82, 2.24) is 25.1 Å². The molecule has 17 heavy (non-hydrogen) atoms. The number of hydrogen-bond donors (Lipinski definition) is 0. The zero-order chi connectivity index (χ0) is 12.2. The standard InChI is InChI=1S/C9H12F3N5/c1-16-2-5-6(3-16)7(5)8-13-14-15-17(8)4-9(10,11)12/h5-7H,2-4H2,1H3. The van der Waals surface area contributed by atoms with Gasteiger partial charge in [-0.1, -0.05) is 0 Å². The Balaban J connectivity index is 1.76. The van der Waals surface area contributed by atoms with E-state index in [0.29, 0.717) is 17.7 Å². The maximum absolute atomic E-state index is 12.3. The van der Waals surface area contributed by atoms with Crippen LogP contribution in [0.3, 0.4) is 0 Å². The summed E-state index contributed by atoms with van der Waals surface area (Å²) in [4.78, 5) is 2.18. The molecular formula is C9H12F3N5. The van der Waals surface area contributed by atoms with E-state index < -0.39 is 12.7 Å². The van der Waals surface area contributed by atoms with E-state index in [2.05, 4.69) is 20.4 Å². The first-order chi connectivity index (χ1) is 7.96. The number of tetrazole rings is 1. The van der Waals surface area contributed by atoms with E-state index >= 15 is 0 Å². The Morgan fingerprint density at radius 2 is 1.94 bits per heavy atom. The first-order valence-corrected chi connectivity index (χ1v) is 5.47. The van der Waals surface area contributed by atoms with Crippen LogP contribution in [0.4, 0.5) is 13.2 Å². The molecule has 0 aromatic carbocycles.